The van der Waals surface area contributed by atoms with Crippen molar-refractivity contribution in [2.24, 2.45) is 5.92 Å². The first-order valence-electron chi connectivity index (χ1n) is 6.45. The minimum Gasteiger partial charge on any atom is -0.387 e. The number of hydrogen-bond acceptors (Lipinski definition) is 2. The van der Waals surface area contributed by atoms with Crippen LogP contribution in [0, 0.1) is 12.8 Å². The van der Waals surface area contributed by atoms with Crippen LogP contribution in [0.2, 0.25) is 0 Å². The van der Waals surface area contributed by atoms with E-state index in [2.05, 4.69) is 42.2 Å². The second-order valence-corrected chi connectivity index (χ2v) is 5.25. The van der Waals surface area contributed by atoms with Crippen LogP contribution < -0.4 is 0 Å². The van der Waals surface area contributed by atoms with Crippen molar-refractivity contribution in [3.8, 4) is 0 Å². The molecule has 1 N–H and O–H groups in total. The summed E-state index contributed by atoms with van der Waals surface area (Å²) in [5.41, 5.74) is 3.59. The Hall–Kier alpha value is -1.28. The second kappa shape index (κ2) is 4.19. The average molecular weight is 229 g/mol. The van der Waals surface area contributed by atoms with Crippen LogP contribution in [0.4, 0.5) is 0 Å². The van der Waals surface area contributed by atoms with E-state index in [1.807, 2.05) is 0 Å². The molecule has 90 valence electrons. The van der Waals surface area contributed by atoms with Crippen molar-refractivity contribution in [2.45, 2.75) is 25.9 Å². The summed E-state index contributed by atoms with van der Waals surface area (Å²) in [7, 11) is 0. The summed E-state index contributed by atoms with van der Waals surface area (Å²) in [5, 5.41) is 10.3. The van der Waals surface area contributed by atoms with E-state index in [0.717, 1.165) is 31.6 Å². The lowest BCUT2D eigenvalue weighted by Crippen LogP contribution is -2.48. The highest BCUT2D eigenvalue weighted by atomic mass is 16.3. The monoisotopic (exact) mass is 229 g/mol. The summed E-state index contributed by atoms with van der Waals surface area (Å²) in [4.78, 5) is 2.34. The van der Waals surface area contributed by atoms with Crippen LogP contribution in [0.3, 0.4) is 0 Å². The molecular weight excluding hydrogens is 210 g/mol. The third kappa shape index (κ3) is 1.98. The highest BCUT2D eigenvalue weighted by molar-refractivity contribution is 5.55. The van der Waals surface area contributed by atoms with Gasteiger partial charge in [0.25, 0.3) is 0 Å². The Labute approximate surface area is 103 Å². The van der Waals surface area contributed by atoms with E-state index in [1.54, 1.807) is 0 Å². The maximum Gasteiger partial charge on any atom is 0.0965 e. The Kier molecular flexibility index (Phi) is 2.67. The highest BCUT2D eigenvalue weighted by Gasteiger charge is 2.36. The molecule has 3 aliphatic heterocycles. The fraction of sp³-hybridized carbons (Fsp3) is 0.467. The molecule has 1 atom stereocenters. The lowest BCUT2D eigenvalue weighted by atomic mass is 9.83. The van der Waals surface area contributed by atoms with E-state index in [4.69, 9.17) is 0 Å². The molecule has 1 unspecified atom stereocenters. The van der Waals surface area contributed by atoms with Crippen molar-refractivity contribution in [1.29, 1.82) is 0 Å². The maximum atomic E-state index is 10.3. The molecule has 17 heavy (non-hydrogen) atoms. The fourth-order valence-corrected chi connectivity index (χ4v) is 3.01. The maximum absolute atomic E-state index is 10.3. The number of rotatable bonds is 1. The molecule has 0 radical (unpaired) electrons. The molecule has 3 aliphatic rings. The van der Waals surface area contributed by atoms with Gasteiger partial charge in [-0.15, -0.1) is 0 Å². The van der Waals surface area contributed by atoms with Crippen LogP contribution in [-0.2, 0) is 0 Å². The molecule has 0 amide bonds. The quantitative estimate of drug-likeness (QED) is 0.799. The van der Waals surface area contributed by atoms with Gasteiger partial charge in [0.1, 0.15) is 0 Å². The van der Waals surface area contributed by atoms with Crippen LogP contribution in [0.25, 0.3) is 6.08 Å². The molecule has 1 aromatic carbocycles. The molecule has 0 spiro atoms. The predicted molar refractivity (Wildman–Crippen MR) is 69.5 cm³/mol. The molecule has 4 rings (SSSR count). The lowest BCUT2D eigenvalue weighted by Gasteiger charge is -2.45. The molecule has 2 nitrogen and oxygen atoms in total. The van der Waals surface area contributed by atoms with Gasteiger partial charge in [0.2, 0.25) is 0 Å². The van der Waals surface area contributed by atoms with E-state index in [1.165, 1.54) is 11.1 Å². The number of nitrogens with zero attached hydrogens (tertiary/aromatic N) is 1. The smallest absolute Gasteiger partial charge is 0.0965 e. The van der Waals surface area contributed by atoms with E-state index in [0.29, 0.717) is 5.92 Å². The summed E-state index contributed by atoms with van der Waals surface area (Å²) in [6.45, 7) is 4.32. The second-order valence-electron chi connectivity index (χ2n) is 5.25. The van der Waals surface area contributed by atoms with E-state index >= 15 is 0 Å². The van der Waals surface area contributed by atoms with Gasteiger partial charge in [-0.25, -0.2) is 0 Å². The third-order valence-corrected chi connectivity index (χ3v) is 4.01. The largest absolute Gasteiger partial charge is 0.387 e. The van der Waals surface area contributed by atoms with E-state index < -0.39 is 0 Å². The van der Waals surface area contributed by atoms with E-state index in [9.17, 15) is 5.11 Å². The number of piperidine rings is 3. The van der Waals surface area contributed by atoms with Gasteiger partial charge >= 0.3 is 0 Å². The third-order valence-electron chi connectivity index (χ3n) is 4.01. The number of benzene rings is 1. The molecule has 2 bridgehead atoms. The predicted octanol–water partition coefficient (Wildman–Crippen LogP) is 2.42. The molecular formula is C15H19NO. The first-order chi connectivity index (χ1) is 8.24. The molecule has 0 saturated carbocycles. The number of aryl methyl sites for hydroxylation is 1. The van der Waals surface area contributed by atoms with Crippen molar-refractivity contribution in [1.82, 2.24) is 4.90 Å². The van der Waals surface area contributed by atoms with E-state index in [-0.39, 0.29) is 6.10 Å². The lowest BCUT2D eigenvalue weighted by molar-refractivity contribution is 0.0215. The summed E-state index contributed by atoms with van der Waals surface area (Å²) < 4.78 is 0. The van der Waals surface area contributed by atoms with Gasteiger partial charge in [-0.05, 0) is 37.3 Å². The highest BCUT2D eigenvalue weighted by Crippen LogP contribution is 2.35. The Morgan fingerprint density at radius 3 is 2.71 bits per heavy atom. The Bertz CT molecular complexity index is 440. The summed E-state index contributed by atoms with van der Waals surface area (Å²) in [6.07, 6.45) is 4.19. The molecule has 3 heterocycles. The van der Waals surface area contributed by atoms with Crippen molar-refractivity contribution in [2.75, 3.05) is 13.1 Å². The van der Waals surface area contributed by atoms with Gasteiger partial charge in [-0.2, -0.15) is 0 Å². The molecule has 0 aromatic heterocycles. The molecule has 1 aromatic rings. The van der Waals surface area contributed by atoms with Gasteiger partial charge in [0, 0.05) is 18.8 Å². The van der Waals surface area contributed by atoms with Crippen LogP contribution in [0.15, 0.2) is 30.0 Å². The molecule has 3 saturated heterocycles. The van der Waals surface area contributed by atoms with Crippen LogP contribution in [-0.4, -0.2) is 29.2 Å². The van der Waals surface area contributed by atoms with Gasteiger partial charge in [0.05, 0.1) is 6.10 Å². The van der Waals surface area contributed by atoms with Crippen molar-refractivity contribution in [3.63, 3.8) is 0 Å². The van der Waals surface area contributed by atoms with Crippen LogP contribution >= 0.6 is 0 Å². The number of hydrogen-bond donors (Lipinski definition) is 1. The SMILES string of the molecule is Cc1cccc(C=C2C(O)C3CCN2CC3)c1. The molecule has 2 heteroatoms. The van der Waals surface area contributed by atoms with Gasteiger partial charge in [0.15, 0.2) is 0 Å². The average Bonchev–Trinajstić information content (AvgIpc) is 2.34. The Balaban J connectivity index is 1.93. The van der Waals surface area contributed by atoms with Crippen molar-refractivity contribution < 1.29 is 5.11 Å². The minimum absolute atomic E-state index is 0.252. The standard InChI is InChI=1S/C15H19NO/c1-11-3-2-4-12(9-11)10-14-15(17)13-5-7-16(14)8-6-13/h2-4,9-10,13,15,17H,5-8H2,1H3. The summed E-state index contributed by atoms with van der Waals surface area (Å²) in [5.74, 6) is 0.482. The van der Waals surface area contributed by atoms with Crippen LogP contribution in [0.1, 0.15) is 24.0 Å². The van der Waals surface area contributed by atoms with Crippen LogP contribution in [0.5, 0.6) is 0 Å². The topological polar surface area (TPSA) is 23.5 Å². The Morgan fingerprint density at radius 2 is 2.06 bits per heavy atom. The zero-order valence-electron chi connectivity index (χ0n) is 10.3. The first kappa shape index (κ1) is 10.8. The van der Waals surface area contributed by atoms with Gasteiger partial charge in [-0.1, -0.05) is 29.8 Å². The zero-order valence-corrected chi connectivity index (χ0v) is 10.3. The molecule has 3 fully saturated rings. The number of aliphatic hydroxyl groups excluding tert-OH is 1. The number of aliphatic hydroxyl groups is 1. The summed E-state index contributed by atoms with van der Waals surface area (Å²) in [6, 6.07) is 8.45. The number of fused-ring (bicyclic) bond motifs is 3. The van der Waals surface area contributed by atoms with Crippen molar-refractivity contribution >= 4 is 6.08 Å². The zero-order chi connectivity index (χ0) is 11.8. The first-order valence-corrected chi connectivity index (χ1v) is 6.45. The molecule has 0 aliphatic carbocycles. The normalized spacial score (nSPS) is 30.0. The van der Waals surface area contributed by atoms with Gasteiger partial charge < -0.3 is 10.0 Å². The Morgan fingerprint density at radius 1 is 1.29 bits per heavy atom. The van der Waals surface area contributed by atoms with Crippen molar-refractivity contribution in [3.05, 3.63) is 41.1 Å². The fourth-order valence-electron chi connectivity index (χ4n) is 3.01. The van der Waals surface area contributed by atoms with Gasteiger partial charge in [-0.3, -0.25) is 0 Å². The minimum atomic E-state index is -0.252. The summed E-state index contributed by atoms with van der Waals surface area (Å²) >= 11 is 0.